The van der Waals surface area contributed by atoms with Crippen molar-refractivity contribution in [1.29, 1.82) is 5.26 Å². The van der Waals surface area contributed by atoms with Gasteiger partial charge < -0.3 is 9.32 Å². The van der Waals surface area contributed by atoms with Crippen molar-refractivity contribution in [3.63, 3.8) is 0 Å². The van der Waals surface area contributed by atoms with E-state index in [-0.39, 0.29) is 10.6 Å². The molecule has 0 bridgehead atoms. The monoisotopic (exact) mass is 442 g/mol. The number of sulfonamides is 1. The number of aromatic nitrogens is 1. The molecule has 2 atom stereocenters. The molecule has 0 unspecified atom stereocenters. The van der Waals surface area contributed by atoms with E-state index in [0.29, 0.717) is 48.2 Å². The molecule has 1 aromatic carbocycles. The molecule has 0 aliphatic carbocycles. The van der Waals surface area contributed by atoms with Crippen LogP contribution in [0.25, 0.3) is 11.5 Å². The molecule has 166 valence electrons. The minimum Gasteiger partial charge on any atom is -0.419 e. The maximum absolute atomic E-state index is 13.0. The Kier molecular flexibility index (Phi) is 6.09. The van der Waals surface area contributed by atoms with Gasteiger partial charge in [0.2, 0.25) is 27.5 Å². The minimum absolute atomic E-state index is 0.274. The quantitative estimate of drug-likeness (QED) is 0.708. The zero-order valence-corrected chi connectivity index (χ0v) is 19.2. The summed E-state index contributed by atoms with van der Waals surface area (Å²) in [6, 6.07) is 8.76. The maximum atomic E-state index is 13.0. The second-order valence-electron chi connectivity index (χ2n) is 9.25. The fourth-order valence-electron chi connectivity index (χ4n) is 4.70. The second kappa shape index (κ2) is 8.64. The van der Waals surface area contributed by atoms with E-state index in [1.54, 1.807) is 28.6 Å². The number of nitrogens with zero attached hydrogens (tertiary/aromatic N) is 4. The minimum atomic E-state index is -3.50. The highest BCUT2D eigenvalue weighted by Gasteiger charge is 2.29. The van der Waals surface area contributed by atoms with E-state index in [0.717, 1.165) is 32.4 Å². The third-order valence-corrected chi connectivity index (χ3v) is 8.27. The summed E-state index contributed by atoms with van der Waals surface area (Å²) in [6.45, 7) is 9.35. The molecular formula is C23H30N4O3S. The van der Waals surface area contributed by atoms with E-state index in [1.165, 1.54) is 0 Å². The van der Waals surface area contributed by atoms with Gasteiger partial charge in [-0.2, -0.15) is 14.6 Å². The van der Waals surface area contributed by atoms with Crippen molar-refractivity contribution >= 4 is 15.9 Å². The van der Waals surface area contributed by atoms with Crippen molar-refractivity contribution < 1.29 is 12.8 Å². The van der Waals surface area contributed by atoms with Gasteiger partial charge in [-0.3, -0.25) is 0 Å². The Labute approximate surface area is 184 Å². The third-order valence-electron chi connectivity index (χ3n) is 6.35. The lowest BCUT2D eigenvalue weighted by atomic mass is 9.92. The van der Waals surface area contributed by atoms with Crippen molar-refractivity contribution in [1.82, 2.24) is 9.29 Å². The molecule has 0 amide bonds. The Morgan fingerprint density at radius 1 is 1.03 bits per heavy atom. The fourth-order valence-corrected chi connectivity index (χ4v) is 6.16. The fraction of sp³-hybridized carbons (Fsp3) is 0.565. The molecule has 2 fully saturated rings. The van der Waals surface area contributed by atoms with Crippen LogP contribution in [0.15, 0.2) is 33.6 Å². The van der Waals surface area contributed by atoms with Gasteiger partial charge in [0.25, 0.3) is 0 Å². The summed E-state index contributed by atoms with van der Waals surface area (Å²) < 4.78 is 33.5. The van der Waals surface area contributed by atoms with Crippen LogP contribution in [0.5, 0.6) is 0 Å². The van der Waals surface area contributed by atoms with Crippen LogP contribution in [-0.2, 0) is 10.0 Å². The molecule has 2 aliphatic rings. The van der Waals surface area contributed by atoms with Gasteiger partial charge in [0.05, 0.1) is 4.90 Å². The molecule has 3 heterocycles. The van der Waals surface area contributed by atoms with Crippen LogP contribution in [0.4, 0.5) is 5.88 Å². The lowest BCUT2D eigenvalue weighted by molar-refractivity contribution is 0.288. The first-order valence-electron chi connectivity index (χ1n) is 11.0. The van der Waals surface area contributed by atoms with Crippen LogP contribution in [0.1, 0.15) is 45.7 Å². The Morgan fingerprint density at radius 3 is 2.23 bits per heavy atom. The number of oxazole rings is 1. The number of anilines is 1. The highest BCUT2D eigenvalue weighted by molar-refractivity contribution is 7.89. The molecule has 1 aromatic heterocycles. The predicted molar refractivity (Wildman–Crippen MR) is 119 cm³/mol. The summed E-state index contributed by atoms with van der Waals surface area (Å²) >= 11 is 0. The van der Waals surface area contributed by atoms with Gasteiger partial charge in [0, 0.05) is 31.7 Å². The van der Waals surface area contributed by atoms with Crippen LogP contribution in [-0.4, -0.2) is 43.9 Å². The number of hydrogen-bond acceptors (Lipinski definition) is 6. The Morgan fingerprint density at radius 2 is 1.65 bits per heavy atom. The van der Waals surface area contributed by atoms with Gasteiger partial charge in [-0.05, 0) is 61.3 Å². The van der Waals surface area contributed by atoms with Crippen LogP contribution < -0.4 is 4.90 Å². The third kappa shape index (κ3) is 4.48. The van der Waals surface area contributed by atoms with E-state index in [2.05, 4.69) is 36.7 Å². The standard InChI is InChI=1S/C23H30N4O3S/c1-16-8-10-27(11-9-16)31(28,29)20-6-4-19(5-7-20)22-25-21(13-24)23(30-22)26-14-17(2)12-18(3)15-26/h4-7,16-18H,8-12,14-15H2,1-3H3/t17-,18+. The van der Waals surface area contributed by atoms with Gasteiger partial charge in [0.15, 0.2) is 0 Å². The van der Waals surface area contributed by atoms with Crippen molar-refractivity contribution in [2.75, 3.05) is 31.1 Å². The zero-order valence-electron chi connectivity index (χ0n) is 18.4. The topological polar surface area (TPSA) is 90.4 Å². The molecule has 0 spiro atoms. The summed E-state index contributed by atoms with van der Waals surface area (Å²) in [6.07, 6.45) is 2.94. The van der Waals surface area contributed by atoms with E-state index < -0.39 is 10.0 Å². The molecule has 31 heavy (non-hydrogen) atoms. The van der Waals surface area contributed by atoms with Crippen molar-refractivity contribution in [2.24, 2.45) is 17.8 Å². The van der Waals surface area contributed by atoms with Gasteiger partial charge in [-0.1, -0.05) is 20.8 Å². The van der Waals surface area contributed by atoms with E-state index in [4.69, 9.17) is 4.42 Å². The summed E-state index contributed by atoms with van der Waals surface area (Å²) in [4.78, 5) is 6.76. The van der Waals surface area contributed by atoms with Crippen molar-refractivity contribution in [3.8, 4) is 17.5 Å². The smallest absolute Gasteiger partial charge is 0.243 e. The lowest BCUT2D eigenvalue weighted by Gasteiger charge is -2.34. The Balaban J connectivity index is 1.57. The van der Waals surface area contributed by atoms with Crippen LogP contribution in [0.3, 0.4) is 0 Å². The normalized spacial score (nSPS) is 23.6. The zero-order chi connectivity index (χ0) is 22.2. The summed E-state index contributed by atoms with van der Waals surface area (Å²) in [7, 11) is -3.50. The summed E-state index contributed by atoms with van der Waals surface area (Å²) in [5, 5.41) is 9.57. The van der Waals surface area contributed by atoms with Crippen LogP contribution >= 0.6 is 0 Å². The van der Waals surface area contributed by atoms with E-state index >= 15 is 0 Å². The van der Waals surface area contributed by atoms with Gasteiger partial charge in [0.1, 0.15) is 6.07 Å². The second-order valence-corrected chi connectivity index (χ2v) is 11.2. The first-order chi connectivity index (χ1) is 14.8. The Hall–Kier alpha value is -2.37. The number of benzene rings is 1. The molecule has 2 saturated heterocycles. The van der Waals surface area contributed by atoms with E-state index in [1.807, 2.05) is 0 Å². The summed E-state index contributed by atoms with van der Waals surface area (Å²) in [5.74, 6) is 2.45. The first kappa shape index (κ1) is 21.8. The van der Waals surface area contributed by atoms with Crippen molar-refractivity contribution in [2.45, 2.75) is 44.9 Å². The molecule has 4 rings (SSSR count). The molecule has 2 aliphatic heterocycles. The maximum Gasteiger partial charge on any atom is 0.243 e. The lowest BCUT2D eigenvalue weighted by Crippen LogP contribution is -2.38. The average molecular weight is 443 g/mol. The predicted octanol–water partition coefficient (Wildman–Crippen LogP) is 4.12. The van der Waals surface area contributed by atoms with Crippen molar-refractivity contribution in [3.05, 3.63) is 30.0 Å². The molecule has 0 N–H and O–H groups in total. The highest BCUT2D eigenvalue weighted by atomic mass is 32.2. The molecule has 7 nitrogen and oxygen atoms in total. The largest absolute Gasteiger partial charge is 0.419 e. The first-order valence-corrected chi connectivity index (χ1v) is 12.5. The van der Waals surface area contributed by atoms with Gasteiger partial charge >= 0.3 is 0 Å². The number of piperidine rings is 2. The van der Waals surface area contributed by atoms with Gasteiger partial charge in [-0.15, -0.1) is 0 Å². The number of rotatable bonds is 4. The van der Waals surface area contributed by atoms with Crippen LogP contribution in [0, 0.1) is 29.1 Å². The SMILES string of the molecule is CC1CCN(S(=O)(=O)c2ccc(-c3nc(C#N)c(N4C[C@H](C)C[C@H](C)C4)o3)cc2)CC1. The summed E-state index contributed by atoms with van der Waals surface area (Å²) in [5.41, 5.74) is 0.933. The average Bonchev–Trinajstić information content (AvgIpc) is 3.18. The molecule has 0 radical (unpaired) electrons. The number of nitriles is 1. The van der Waals surface area contributed by atoms with Crippen LogP contribution in [0.2, 0.25) is 0 Å². The Bertz CT molecular complexity index is 1050. The van der Waals surface area contributed by atoms with E-state index in [9.17, 15) is 13.7 Å². The molecule has 0 saturated carbocycles. The van der Waals surface area contributed by atoms with Gasteiger partial charge in [-0.25, -0.2) is 8.42 Å². The molecule has 8 heteroatoms. The molecule has 2 aromatic rings. The highest BCUT2D eigenvalue weighted by Crippen LogP contribution is 2.33. The number of hydrogen-bond donors (Lipinski definition) is 0. The molecular weight excluding hydrogens is 412 g/mol.